The predicted octanol–water partition coefficient (Wildman–Crippen LogP) is 1.83. The van der Waals surface area contributed by atoms with Gasteiger partial charge in [0.05, 0.1) is 5.92 Å². The van der Waals surface area contributed by atoms with E-state index >= 15 is 0 Å². The predicted molar refractivity (Wildman–Crippen MR) is 68.3 cm³/mol. The third-order valence-corrected chi connectivity index (χ3v) is 3.41. The Morgan fingerprint density at radius 3 is 2.89 bits per heavy atom. The molecule has 1 amide bonds. The Kier molecular flexibility index (Phi) is 4.47. The second-order valence-electron chi connectivity index (χ2n) is 5.15. The van der Waals surface area contributed by atoms with E-state index in [1.807, 2.05) is 0 Å². The lowest BCUT2D eigenvalue weighted by molar-refractivity contribution is -0.126. The minimum Gasteiger partial charge on any atom is -0.352 e. The first-order valence-corrected chi connectivity index (χ1v) is 6.48. The molecule has 1 aromatic carbocycles. The van der Waals surface area contributed by atoms with Gasteiger partial charge in [0.15, 0.2) is 0 Å². The number of carbonyl (C=O) groups is 1. The summed E-state index contributed by atoms with van der Waals surface area (Å²) >= 11 is 0. The lowest BCUT2D eigenvalue weighted by Crippen LogP contribution is -2.43. The summed E-state index contributed by atoms with van der Waals surface area (Å²) in [6.07, 6.45) is 0.838. The molecule has 1 heterocycles. The van der Waals surface area contributed by atoms with Crippen molar-refractivity contribution in [3.8, 4) is 0 Å². The molecular formula is C14H18F2N2O. The van der Waals surface area contributed by atoms with Gasteiger partial charge in [-0.1, -0.05) is 13.0 Å². The Balaban J connectivity index is 1.89. The summed E-state index contributed by atoms with van der Waals surface area (Å²) in [6.45, 7) is 3.76. The first kappa shape index (κ1) is 13.9. The maximum atomic E-state index is 13.4. The molecular weight excluding hydrogens is 250 g/mol. The fourth-order valence-corrected chi connectivity index (χ4v) is 2.35. The third-order valence-electron chi connectivity index (χ3n) is 3.41. The van der Waals surface area contributed by atoms with Gasteiger partial charge in [0.1, 0.15) is 11.6 Å². The minimum atomic E-state index is -0.629. The molecule has 0 aromatic heterocycles. The highest BCUT2D eigenvalue weighted by molar-refractivity contribution is 5.79. The zero-order valence-corrected chi connectivity index (χ0v) is 10.9. The van der Waals surface area contributed by atoms with Crippen LogP contribution in [0.2, 0.25) is 0 Å². The van der Waals surface area contributed by atoms with E-state index in [9.17, 15) is 13.6 Å². The largest absolute Gasteiger partial charge is 0.352 e. The molecule has 5 heteroatoms. The van der Waals surface area contributed by atoms with Crippen LogP contribution in [0.5, 0.6) is 0 Å². The average molecular weight is 268 g/mol. The SMILES string of the molecule is CC1CNCC(C(=O)NCc2ccc(F)cc2F)C1. The first-order valence-electron chi connectivity index (χ1n) is 6.48. The standard InChI is InChI=1S/C14H18F2N2O/c1-9-4-11(7-17-6-9)14(19)18-8-10-2-3-12(15)5-13(10)16/h2-3,5,9,11,17H,4,6-8H2,1H3,(H,18,19). The molecule has 2 rings (SSSR count). The number of hydrogen-bond donors (Lipinski definition) is 2. The third kappa shape index (κ3) is 3.73. The molecule has 1 aliphatic heterocycles. The Morgan fingerprint density at radius 2 is 2.21 bits per heavy atom. The van der Waals surface area contributed by atoms with Crippen molar-refractivity contribution in [1.82, 2.24) is 10.6 Å². The molecule has 1 aliphatic rings. The van der Waals surface area contributed by atoms with E-state index in [2.05, 4.69) is 17.6 Å². The Bertz CT molecular complexity index is 465. The highest BCUT2D eigenvalue weighted by Crippen LogP contribution is 2.16. The summed E-state index contributed by atoms with van der Waals surface area (Å²) in [5, 5.41) is 5.91. The lowest BCUT2D eigenvalue weighted by Gasteiger charge is -2.26. The van der Waals surface area contributed by atoms with Gasteiger partial charge in [0, 0.05) is 24.7 Å². The minimum absolute atomic E-state index is 0.0766. The van der Waals surface area contributed by atoms with Gasteiger partial charge < -0.3 is 10.6 Å². The lowest BCUT2D eigenvalue weighted by atomic mass is 9.91. The Morgan fingerprint density at radius 1 is 1.42 bits per heavy atom. The normalized spacial score (nSPS) is 23.1. The van der Waals surface area contributed by atoms with E-state index in [0.717, 1.165) is 19.0 Å². The maximum absolute atomic E-state index is 13.4. The number of nitrogens with one attached hydrogen (secondary N) is 2. The number of piperidine rings is 1. The maximum Gasteiger partial charge on any atom is 0.224 e. The summed E-state index contributed by atoms with van der Waals surface area (Å²) in [7, 11) is 0. The van der Waals surface area contributed by atoms with Crippen molar-refractivity contribution < 1.29 is 13.6 Å². The second-order valence-corrected chi connectivity index (χ2v) is 5.15. The zero-order valence-electron chi connectivity index (χ0n) is 10.9. The van der Waals surface area contributed by atoms with Crippen LogP contribution in [-0.4, -0.2) is 19.0 Å². The monoisotopic (exact) mass is 268 g/mol. The molecule has 2 N–H and O–H groups in total. The van der Waals surface area contributed by atoms with Crippen LogP contribution in [0.3, 0.4) is 0 Å². The Hall–Kier alpha value is -1.49. The van der Waals surface area contributed by atoms with E-state index in [1.54, 1.807) is 0 Å². The highest BCUT2D eigenvalue weighted by atomic mass is 19.1. The summed E-state index contributed by atoms with van der Waals surface area (Å²) < 4.78 is 26.1. The van der Waals surface area contributed by atoms with Crippen molar-refractivity contribution in [3.63, 3.8) is 0 Å². The van der Waals surface area contributed by atoms with Gasteiger partial charge in [-0.2, -0.15) is 0 Å². The topological polar surface area (TPSA) is 41.1 Å². The number of halogens is 2. The van der Waals surface area contributed by atoms with Gasteiger partial charge in [0.2, 0.25) is 5.91 Å². The molecule has 0 aliphatic carbocycles. The van der Waals surface area contributed by atoms with Gasteiger partial charge in [-0.25, -0.2) is 8.78 Å². The second kappa shape index (κ2) is 6.10. The number of benzene rings is 1. The summed E-state index contributed by atoms with van der Waals surface area (Å²) in [6, 6.07) is 3.37. The molecule has 1 aromatic rings. The molecule has 0 radical (unpaired) electrons. The quantitative estimate of drug-likeness (QED) is 0.878. The molecule has 3 nitrogen and oxygen atoms in total. The number of hydrogen-bond acceptors (Lipinski definition) is 2. The van der Waals surface area contributed by atoms with Crippen LogP contribution >= 0.6 is 0 Å². The van der Waals surface area contributed by atoms with Gasteiger partial charge >= 0.3 is 0 Å². The van der Waals surface area contributed by atoms with Crippen molar-refractivity contribution in [2.45, 2.75) is 19.9 Å². The summed E-state index contributed by atoms with van der Waals surface area (Å²) in [5.41, 5.74) is 0.298. The van der Waals surface area contributed by atoms with Crippen molar-refractivity contribution in [2.75, 3.05) is 13.1 Å². The summed E-state index contributed by atoms with van der Waals surface area (Å²) in [4.78, 5) is 11.9. The molecule has 1 fully saturated rings. The first-order chi connectivity index (χ1) is 9.06. The van der Waals surface area contributed by atoms with Crippen LogP contribution in [-0.2, 0) is 11.3 Å². The van der Waals surface area contributed by atoms with E-state index in [-0.39, 0.29) is 18.4 Å². The van der Waals surface area contributed by atoms with Crippen LogP contribution in [0, 0.1) is 23.5 Å². The van der Waals surface area contributed by atoms with Gasteiger partial charge in [0.25, 0.3) is 0 Å². The molecule has 2 atom stereocenters. The van der Waals surface area contributed by atoms with Crippen molar-refractivity contribution >= 4 is 5.91 Å². The number of amides is 1. The van der Waals surface area contributed by atoms with Crippen LogP contribution in [0.4, 0.5) is 8.78 Å². The van der Waals surface area contributed by atoms with Crippen LogP contribution in [0.25, 0.3) is 0 Å². The van der Waals surface area contributed by atoms with Crippen molar-refractivity contribution in [3.05, 3.63) is 35.4 Å². The van der Waals surface area contributed by atoms with Gasteiger partial charge in [-0.05, 0) is 24.9 Å². The van der Waals surface area contributed by atoms with Crippen molar-refractivity contribution in [1.29, 1.82) is 0 Å². The van der Waals surface area contributed by atoms with E-state index in [4.69, 9.17) is 0 Å². The van der Waals surface area contributed by atoms with E-state index in [1.165, 1.54) is 12.1 Å². The molecule has 0 bridgehead atoms. The fraction of sp³-hybridized carbons (Fsp3) is 0.500. The van der Waals surface area contributed by atoms with Crippen LogP contribution < -0.4 is 10.6 Å². The number of carbonyl (C=O) groups excluding carboxylic acids is 1. The fourth-order valence-electron chi connectivity index (χ4n) is 2.35. The molecule has 0 saturated carbocycles. The summed E-state index contributed by atoms with van der Waals surface area (Å²) in [5.74, 6) is -0.935. The molecule has 0 spiro atoms. The zero-order chi connectivity index (χ0) is 13.8. The van der Waals surface area contributed by atoms with Gasteiger partial charge in [-0.3, -0.25) is 4.79 Å². The van der Waals surface area contributed by atoms with Crippen LogP contribution in [0.15, 0.2) is 18.2 Å². The molecule has 104 valence electrons. The highest BCUT2D eigenvalue weighted by Gasteiger charge is 2.24. The number of rotatable bonds is 3. The van der Waals surface area contributed by atoms with Crippen LogP contribution in [0.1, 0.15) is 18.9 Å². The van der Waals surface area contributed by atoms with Gasteiger partial charge in [-0.15, -0.1) is 0 Å². The Labute approximate surface area is 111 Å². The molecule has 19 heavy (non-hydrogen) atoms. The smallest absolute Gasteiger partial charge is 0.224 e. The molecule has 2 unspecified atom stereocenters. The van der Waals surface area contributed by atoms with E-state index in [0.29, 0.717) is 18.0 Å². The average Bonchev–Trinajstić information content (AvgIpc) is 2.37. The van der Waals surface area contributed by atoms with Crippen molar-refractivity contribution in [2.24, 2.45) is 11.8 Å². The van der Waals surface area contributed by atoms with E-state index < -0.39 is 11.6 Å². The molecule has 1 saturated heterocycles.